The van der Waals surface area contributed by atoms with Crippen LogP contribution in [0.3, 0.4) is 0 Å². The van der Waals surface area contributed by atoms with Crippen molar-refractivity contribution in [3.8, 4) is 5.75 Å². The lowest BCUT2D eigenvalue weighted by molar-refractivity contribution is -0.122. The van der Waals surface area contributed by atoms with Crippen molar-refractivity contribution in [2.45, 2.75) is 25.8 Å². The van der Waals surface area contributed by atoms with Crippen LogP contribution in [-0.4, -0.2) is 60.5 Å². The van der Waals surface area contributed by atoms with E-state index in [4.69, 9.17) is 26.1 Å². The first-order valence-electron chi connectivity index (χ1n) is 10.3. The lowest BCUT2D eigenvalue weighted by Gasteiger charge is -2.33. The number of likely N-dealkylation sites (tertiary alicyclic amines) is 1. The van der Waals surface area contributed by atoms with E-state index in [0.29, 0.717) is 36.3 Å². The molecule has 0 saturated carbocycles. The van der Waals surface area contributed by atoms with Crippen LogP contribution in [0.1, 0.15) is 25.3 Å². The van der Waals surface area contributed by atoms with E-state index in [0.717, 1.165) is 47.3 Å². The second kappa shape index (κ2) is 10.5. The van der Waals surface area contributed by atoms with Gasteiger partial charge < -0.3 is 36.6 Å². The van der Waals surface area contributed by atoms with Crippen molar-refractivity contribution in [1.82, 2.24) is 10.2 Å². The summed E-state index contributed by atoms with van der Waals surface area (Å²) in [6.45, 7) is 5.97. The maximum Gasteiger partial charge on any atom is 0.290 e. The van der Waals surface area contributed by atoms with Gasteiger partial charge in [0, 0.05) is 45.1 Å². The molecule has 0 bridgehead atoms. The number of likely N-dealkylation sites (N-methyl/N-ethyl adjacent to an activating group) is 1. The number of carboxylic acid groups (broad SMARTS) is 1. The van der Waals surface area contributed by atoms with E-state index in [9.17, 15) is 5.11 Å². The van der Waals surface area contributed by atoms with Crippen LogP contribution < -0.4 is 16.8 Å². The Balaban J connectivity index is 0.000000858. The zero-order valence-corrected chi connectivity index (χ0v) is 18.5. The van der Waals surface area contributed by atoms with Gasteiger partial charge in [-0.3, -0.25) is 4.79 Å². The van der Waals surface area contributed by atoms with Crippen LogP contribution in [-0.2, 0) is 9.53 Å². The standard InChI is InChI=1S/C21H28N4O2S.CH2O2/c1-2-25-8-3-4-13(10-25)24-21(23)17-12-27-11-16(17)19(22)15-5-6-18-14(20(15)26)7-9-28-18;2-1-3/h5-7,9,13,24,26H,2-4,8,10-12,22-23H2,1H3;1H,(H,2,3)/b19-16-,21-17+;. The lowest BCUT2D eigenvalue weighted by Crippen LogP contribution is -2.46. The van der Waals surface area contributed by atoms with Crippen molar-refractivity contribution in [2.75, 3.05) is 32.8 Å². The number of carbonyl (C=O) groups is 1. The summed E-state index contributed by atoms with van der Waals surface area (Å²) in [6, 6.07) is 6.11. The number of ether oxygens (including phenoxy) is 1. The van der Waals surface area contributed by atoms with Crippen molar-refractivity contribution in [3.05, 3.63) is 46.1 Å². The summed E-state index contributed by atoms with van der Waals surface area (Å²) >= 11 is 1.60. The number of benzene rings is 1. The van der Waals surface area contributed by atoms with Gasteiger partial charge in [-0.1, -0.05) is 6.92 Å². The molecule has 1 atom stereocenters. The number of hydrogen-bond acceptors (Lipinski definition) is 8. The quantitative estimate of drug-likeness (QED) is 0.452. The molecule has 2 aliphatic heterocycles. The molecular weight excluding hydrogens is 416 g/mol. The molecule has 8 nitrogen and oxygen atoms in total. The van der Waals surface area contributed by atoms with Gasteiger partial charge in [-0.15, -0.1) is 11.3 Å². The molecular formula is C22H30N4O4S. The summed E-state index contributed by atoms with van der Waals surface area (Å²) in [7, 11) is 0. The minimum Gasteiger partial charge on any atom is -0.507 e. The van der Waals surface area contributed by atoms with Gasteiger partial charge in [0.15, 0.2) is 0 Å². The van der Waals surface area contributed by atoms with Gasteiger partial charge in [-0.25, -0.2) is 0 Å². The molecule has 9 heteroatoms. The average molecular weight is 447 g/mol. The number of nitrogens with zero attached hydrogens (tertiary/aromatic N) is 1. The minimum absolute atomic E-state index is 0.215. The number of phenolic OH excluding ortho intramolecular Hbond substituents is 1. The topological polar surface area (TPSA) is 134 Å². The highest BCUT2D eigenvalue weighted by molar-refractivity contribution is 7.17. The number of phenols is 1. The smallest absolute Gasteiger partial charge is 0.290 e. The fourth-order valence-electron chi connectivity index (χ4n) is 4.09. The number of hydrogen-bond donors (Lipinski definition) is 5. The molecule has 0 radical (unpaired) electrons. The largest absolute Gasteiger partial charge is 0.507 e. The highest BCUT2D eigenvalue weighted by Crippen LogP contribution is 2.37. The molecule has 7 N–H and O–H groups in total. The number of aromatic hydroxyl groups is 1. The van der Waals surface area contributed by atoms with E-state index in [2.05, 4.69) is 17.1 Å². The summed E-state index contributed by atoms with van der Waals surface area (Å²) in [5.41, 5.74) is 15.8. The molecule has 3 heterocycles. The van der Waals surface area contributed by atoms with Crippen LogP contribution in [0, 0.1) is 0 Å². The highest BCUT2D eigenvalue weighted by Gasteiger charge is 2.25. The minimum atomic E-state index is -0.250. The summed E-state index contributed by atoms with van der Waals surface area (Å²) < 4.78 is 6.71. The first-order chi connectivity index (χ1) is 15.0. The van der Waals surface area contributed by atoms with Crippen LogP contribution >= 0.6 is 11.3 Å². The van der Waals surface area contributed by atoms with Crippen molar-refractivity contribution in [1.29, 1.82) is 0 Å². The molecule has 1 aromatic heterocycles. The molecule has 4 rings (SSSR count). The van der Waals surface area contributed by atoms with Gasteiger partial charge in [0.2, 0.25) is 0 Å². The van der Waals surface area contributed by atoms with E-state index in [1.165, 1.54) is 6.42 Å². The van der Waals surface area contributed by atoms with Crippen LogP contribution in [0.15, 0.2) is 40.5 Å². The van der Waals surface area contributed by atoms with Crippen LogP contribution in [0.25, 0.3) is 15.8 Å². The van der Waals surface area contributed by atoms with Gasteiger partial charge in [0.25, 0.3) is 6.47 Å². The predicted molar refractivity (Wildman–Crippen MR) is 124 cm³/mol. The summed E-state index contributed by atoms with van der Waals surface area (Å²) in [4.78, 5) is 10.8. The first kappa shape index (κ1) is 22.9. The molecule has 1 unspecified atom stereocenters. The molecule has 168 valence electrons. The zero-order valence-electron chi connectivity index (χ0n) is 17.6. The Bertz CT molecular complexity index is 985. The summed E-state index contributed by atoms with van der Waals surface area (Å²) in [6.07, 6.45) is 2.28. The molecule has 1 aromatic carbocycles. The molecule has 2 aromatic rings. The molecule has 0 spiro atoms. The normalized spacial score (nSPS) is 22.5. The van der Waals surface area contributed by atoms with E-state index in [-0.39, 0.29) is 12.2 Å². The van der Waals surface area contributed by atoms with Gasteiger partial charge in [0.05, 0.1) is 13.2 Å². The number of piperidine rings is 1. The van der Waals surface area contributed by atoms with Crippen LogP contribution in [0.5, 0.6) is 5.75 Å². The SMILES string of the molecule is CCN1CCCC(N/C(N)=C2\COC\C2=C(\N)c2ccc3sccc3c2O)C1.O=CO. The highest BCUT2D eigenvalue weighted by atomic mass is 32.1. The third-order valence-corrected chi connectivity index (χ3v) is 6.60. The molecule has 0 aliphatic carbocycles. The fourth-order valence-corrected chi connectivity index (χ4v) is 4.88. The molecule has 0 amide bonds. The lowest BCUT2D eigenvalue weighted by atomic mass is 10.00. The Hall–Kier alpha value is -2.75. The summed E-state index contributed by atoms with van der Waals surface area (Å²) in [5, 5.41) is 23.9. The molecule has 2 fully saturated rings. The monoisotopic (exact) mass is 446 g/mol. The second-order valence-electron chi connectivity index (χ2n) is 7.55. The third kappa shape index (κ3) is 5.12. The van der Waals surface area contributed by atoms with Crippen LogP contribution in [0.4, 0.5) is 0 Å². The second-order valence-corrected chi connectivity index (χ2v) is 8.50. The van der Waals surface area contributed by atoms with Crippen molar-refractivity contribution < 1.29 is 19.7 Å². The van der Waals surface area contributed by atoms with Crippen molar-refractivity contribution in [2.24, 2.45) is 11.5 Å². The number of fused-ring (bicyclic) bond motifs is 1. The number of rotatable bonds is 4. The number of nitrogens with two attached hydrogens (primary N) is 2. The first-order valence-corrected chi connectivity index (χ1v) is 11.2. The third-order valence-electron chi connectivity index (χ3n) is 5.72. The van der Waals surface area contributed by atoms with Gasteiger partial charge >= 0.3 is 0 Å². The van der Waals surface area contributed by atoms with Gasteiger partial charge in [0.1, 0.15) is 11.6 Å². The maximum atomic E-state index is 10.7. The van der Waals surface area contributed by atoms with E-state index >= 15 is 0 Å². The molecule has 2 saturated heterocycles. The van der Waals surface area contributed by atoms with E-state index in [1.54, 1.807) is 11.3 Å². The van der Waals surface area contributed by atoms with Gasteiger partial charge in [-0.05, 0) is 49.5 Å². The molecule has 2 aliphatic rings. The predicted octanol–water partition coefficient (Wildman–Crippen LogP) is 2.25. The van der Waals surface area contributed by atoms with Crippen molar-refractivity contribution in [3.63, 3.8) is 0 Å². The van der Waals surface area contributed by atoms with Gasteiger partial charge in [-0.2, -0.15) is 0 Å². The van der Waals surface area contributed by atoms with Crippen LogP contribution in [0.2, 0.25) is 0 Å². The Morgan fingerprint density at radius 1 is 1.32 bits per heavy atom. The fraction of sp³-hybridized carbons (Fsp3) is 0.409. The number of nitrogens with one attached hydrogen (secondary N) is 1. The molecule has 31 heavy (non-hydrogen) atoms. The Morgan fingerprint density at radius 2 is 2.06 bits per heavy atom. The average Bonchev–Trinajstić information content (AvgIpc) is 3.44. The Labute approximate surface area is 185 Å². The summed E-state index contributed by atoms with van der Waals surface area (Å²) in [5.74, 6) is 0.849. The maximum absolute atomic E-state index is 10.7. The van der Waals surface area contributed by atoms with E-state index < -0.39 is 0 Å². The van der Waals surface area contributed by atoms with E-state index in [1.807, 2.05) is 23.6 Å². The van der Waals surface area contributed by atoms with Crippen molar-refractivity contribution >= 4 is 33.6 Å². The zero-order chi connectivity index (χ0) is 22.4. The Morgan fingerprint density at radius 3 is 2.81 bits per heavy atom. The Kier molecular flexibility index (Phi) is 7.78. The number of thiophene rings is 1.